The molecule has 156 valence electrons. The van der Waals surface area contributed by atoms with Crippen molar-refractivity contribution in [2.45, 2.75) is 44.3 Å². The van der Waals surface area contributed by atoms with Crippen LogP contribution in [-0.2, 0) is 24.2 Å². The van der Waals surface area contributed by atoms with Crippen molar-refractivity contribution in [1.29, 1.82) is 0 Å². The topological polar surface area (TPSA) is 55.2 Å². The molecule has 0 atom stereocenters. The van der Waals surface area contributed by atoms with Crippen LogP contribution in [0.4, 0.5) is 5.69 Å². The Morgan fingerprint density at radius 1 is 1.33 bits per heavy atom. The van der Waals surface area contributed by atoms with E-state index in [2.05, 4.69) is 13.5 Å². The number of aromatic nitrogens is 2. The molecule has 1 aliphatic rings. The Hall–Kier alpha value is -2.38. The molecule has 2 heterocycles. The second kappa shape index (κ2) is 9.18. The quantitative estimate of drug-likeness (QED) is 0.291. The number of carbonyl (C=O) groups excluding carboxylic acids is 1. The van der Waals surface area contributed by atoms with Crippen molar-refractivity contribution in [3.63, 3.8) is 0 Å². The van der Waals surface area contributed by atoms with E-state index in [1.54, 1.807) is 26.9 Å². The van der Waals surface area contributed by atoms with Crippen molar-refractivity contribution in [2.24, 2.45) is 0 Å². The number of rotatable bonds is 8. The van der Waals surface area contributed by atoms with Gasteiger partial charge in [0.25, 0.3) is 5.56 Å². The van der Waals surface area contributed by atoms with E-state index in [1.165, 1.54) is 22.2 Å². The summed E-state index contributed by atoms with van der Waals surface area (Å²) >= 11 is 2.99. The highest BCUT2D eigenvalue weighted by molar-refractivity contribution is 7.99. The number of amides is 1. The summed E-state index contributed by atoms with van der Waals surface area (Å²) in [5.41, 5.74) is 2.08. The maximum Gasteiger partial charge on any atom is 0.263 e. The first-order chi connectivity index (χ1) is 14.6. The van der Waals surface area contributed by atoms with Gasteiger partial charge in [0.15, 0.2) is 5.16 Å². The van der Waals surface area contributed by atoms with Crippen molar-refractivity contribution < 1.29 is 4.79 Å². The maximum absolute atomic E-state index is 13.3. The Morgan fingerprint density at radius 3 is 2.87 bits per heavy atom. The fourth-order valence-electron chi connectivity index (χ4n) is 3.88. The SMILES string of the molecule is C=CCN(C(=O)CSc1nc2sc3c(c2c(=O)n1CCC)CCC3)c1ccccc1. The van der Waals surface area contributed by atoms with Crippen LogP contribution in [0.3, 0.4) is 0 Å². The summed E-state index contributed by atoms with van der Waals surface area (Å²) in [6.45, 7) is 6.88. The van der Waals surface area contributed by atoms with Crippen LogP contribution >= 0.6 is 23.1 Å². The zero-order valence-corrected chi connectivity index (χ0v) is 18.7. The second-order valence-corrected chi connectivity index (χ2v) is 9.33. The standard InChI is InChI=1S/C23H25N3O2S2/c1-3-13-25(16-9-6-5-7-10-16)19(27)15-29-23-24-21-20(22(28)26(23)14-4-2)17-11-8-12-18(17)30-21/h3,5-7,9-10H,1,4,8,11-15H2,2H3. The van der Waals surface area contributed by atoms with Gasteiger partial charge in [0, 0.05) is 23.7 Å². The van der Waals surface area contributed by atoms with Crippen LogP contribution < -0.4 is 10.5 Å². The minimum atomic E-state index is -0.0304. The van der Waals surface area contributed by atoms with Crippen LogP contribution in [0.5, 0.6) is 0 Å². The molecule has 1 aliphatic carbocycles. The number of fused-ring (bicyclic) bond motifs is 3. The Kier molecular flexibility index (Phi) is 6.39. The van der Waals surface area contributed by atoms with E-state index >= 15 is 0 Å². The first kappa shape index (κ1) is 20.9. The normalized spacial score (nSPS) is 12.8. The fourth-order valence-corrected chi connectivity index (χ4v) is 6.09. The zero-order chi connectivity index (χ0) is 21.1. The number of aryl methyl sites for hydroxylation is 2. The first-order valence-corrected chi connectivity index (χ1v) is 12.1. The predicted octanol–water partition coefficient (Wildman–Crippen LogP) is 4.67. The molecule has 3 aromatic rings. The molecule has 7 heteroatoms. The van der Waals surface area contributed by atoms with Crippen molar-refractivity contribution in [3.05, 3.63) is 63.8 Å². The molecule has 0 N–H and O–H groups in total. The molecule has 2 aromatic heterocycles. The average molecular weight is 440 g/mol. The number of hydrogen-bond donors (Lipinski definition) is 0. The number of para-hydroxylation sites is 1. The lowest BCUT2D eigenvalue weighted by Crippen LogP contribution is -2.33. The highest BCUT2D eigenvalue weighted by Crippen LogP contribution is 2.35. The zero-order valence-electron chi connectivity index (χ0n) is 17.1. The lowest BCUT2D eigenvalue weighted by atomic mass is 10.2. The van der Waals surface area contributed by atoms with Gasteiger partial charge >= 0.3 is 0 Å². The Morgan fingerprint density at radius 2 is 2.13 bits per heavy atom. The molecule has 0 aliphatic heterocycles. The summed E-state index contributed by atoms with van der Waals surface area (Å²) in [7, 11) is 0. The Balaban J connectivity index is 1.63. The van der Waals surface area contributed by atoms with Gasteiger partial charge in [-0.2, -0.15) is 0 Å². The fraction of sp³-hybridized carbons (Fsp3) is 0.348. The van der Waals surface area contributed by atoms with Crippen LogP contribution in [0.25, 0.3) is 10.2 Å². The lowest BCUT2D eigenvalue weighted by Gasteiger charge is -2.21. The summed E-state index contributed by atoms with van der Waals surface area (Å²) in [5.74, 6) is 0.187. The highest BCUT2D eigenvalue weighted by Gasteiger charge is 2.24. The van der Waals surface area contributed by atoms with Crippen molar-refractivity contribution in [3.8, 4) is 0 Å². The van der Waals surface area contributed by atoms with Crippen LogP contribution in [0, 0.1) is 0 Å². The Labute approximate surface area is 184 Å². The third-order valence-corrected chi connectivity index (χ3v) is 7.39. The van der Waals surface area contributed by atoms with Gasteiger partial charge < -0.3 is 4.90 Å². The highest BCUT2D eigenvalue weighted by atomic mass is 32.2. The molecule has 0 bridgehead atoms. The number of benzene rings is 1. The number of thioether (sulfide) groups is 1. The van der Waals surface area contributed by atoms with Gasteiger partial charge in [-0.15, -0.1) is 17.9 Å². The smallest absolute Gasteiger partial charge is 0.263 e. The number of carbonyl (C=O) groups is 1. The molecule has 0 spiro atoms. The lowest BCUT2D eigenvalue weighted by molar-refractivity contribution is -0.116. The van der Waals surface area contributed by atoms with Gasteiger partial charge in [0.2, 0.25) is 5.91 Å². The molecule has 0 saturated carbocycles. The first-order valence-electron chi connectivity index (χ1n) is 10.3. The van der Waals surface area contributed by atoms with Gasteiger partial charge in [0.1, 0.15) is 4.83 Å². The summed E-state index contributed by atoms with van der Waals surface area (Å²) in [6, 6.07) is 9.58. The van der Waals surface area contributed by atoms with Gasteiger partial charge in [-0.3, -0.25) is 14.2 Å². The summed E-state index contributed by atoms with van der Waals surface area (Å²) in [6.07, 6.45) is 5.69. The van der Waals surface area contributed by atoms with Gasteiger partial charge in [-0.1, -0.05) is 43.0 Å². The second-order valence-electron chi connectivity index (χ2n) is 7.31. The molecule has 1 aromatic carbocycles. The molecular formula is C23H25N3O2S2. The third-order valence-electron chi connectivity index (χ3n) is 5.24. The van der Waals surface area contributed by atoms with Crippen LogP contribution in [-0.4, -0.2) is 27.8 Å². The number of hydrogen-bond acceptors (Lipinski definition) is 5. The molecule has 30 heavy (non-hydrogen) atoms. The van der Waals surface area contributed by atoms with Crippen molar-refractivity contribution in [1.82, 2.24) is 9.55 Å². The maximum atomic E-state index is 13.3. The number of thiophene rings is 1. The number of anilines is 1. The molecule has 0 saturated heterocycles. The minimum Gasteiger partial charge on any atom is -0.308 e. The molecule has 4 rings (SSSR count). The Bertz CT molecular complexity index is 1130. The van der Waals surface area contributed by atoms with E-state index in [0.717, 1.165) is 41.6 Å². The summed E-state index contributed by atoms with van der Waals surface area (Å²) in [4.78, 5) is 34.9. The van der Waals surface area contributed by atoms with Crippen LogP contribution in [0.2, 0.25) is 0 Å². The van der Waals surface area contributed by atoms with Crippen molar-refractivity contribution >= 4 is 44.9 Å². The summed E-state index contributed by atoms with van der Waals surface area (Å²) in [5, 5.41) is 1.43. The predicted molar refractivity (Wildman–Crippen MR) is 126 cm³/mol. The van der Waals surface area contributed by atoms with E-state index in [4.69, 9.17) is 4.98 Å². The molecule has 0 radical (unpaired) electrons. The summed E-state index contributed by atoms with van der Waals surface area (Å²) < 4.78 is 1.76. The van der Waals surface area contributed by atoms with Gasteiger partial charge in [0.05, 0.1) is 11.1 Å². The van der Waals surface area contributed by atoms with Crippen LogP contribution in [0.15, 0.2) is 52.9 Å². The van der Waals surface area contributed by atoms with E-state index in [1.807, 2.05) is 30.3 Å². The minimum absolute atomic E-state index is 0.0304. The van der Waals surface area contributed by atoms with Crippen molar-refractivity contribution in [2.75, 3.05) is 17.2 Å². The van der Waals surface area contributed by atoms with E-state index in [0.29, 0.717) is 18.2 Å². The molecule has 1 amide bonds. The van der Waals surface area contributed by atoms with Gasteiger partial charge in [-0.25, -0.2) is 4.98 Å². The number of nitrogens with zero attached hydrogens (tertiary/aromatic N) is 3. The average Bonchev–Trinajstić information content (AvgIpc) is 3.34. The largest absolute Gasteiger partial charge is 0.308 e. The van der Waals surface area contributed by atoms with E-state index in [-0.39, 0.29) is 17.2 Å². The molecule has 5 nitrogen and oxygen atoms in total. The van der Waals surface area contributed by atoms with Crippen LogP contribution in [0.1, 0.15) is 30.2 Å². The third kappa shape index (κ3) is 3.96. The molecule has 0 unspecified atom stereocenters. The molecule has 0 fully saturated rings. The molecular weight excluding hydrogens is 414 g/mol. The van der Waals surface area contributed by atoms with E-state index in [9.17, 15) is 9.59 Å². The van der Waals surface area contributed by atoms with Gasteiger partial charge in [-0.05, 0) is 43.4 Å². The monoisotopic (exact) mass is 439 g/mol. The van der Waals surface area contributed by atoms with E-state index < -0.39 is 0 Å².